The number of ether oxygens (including phenoxy) is 1. The third-order valence-electron chi connectivity index (χ3n) is 5.29. The van der Waals surface area contributed by atoms with Crippen LogP contribution in [0.2, 0.25) is 0 Å². The van der Waals surface area contributed by atoms with Crippen molar-refractivity contribution in [2.75, 3.05) is 19.7 Å². The smallest absolute Gasteiger partial charge is 0.242 e. The molecule has 2 amide bonds. The van der Waals surface area contributed by atoms with E-state index in [2.05, 4.69) is 31.3 Å². The highest BCUT2D eigenvalue weighted by atomic mass is 16.5. The van der Waals surface area contributed by atoms with Gasteiger partial charge in [-0.3, -0.25) is 9.59 Å². The summed E-state index contributed by atoms with van der Waals surface area (Å²) in [4.78, 5) is 26.9. The van der Waals surface area contributed by atoms with Crippen LogP contribution < -0.4 is 10.1 Å². The number of benzene rings is 2. The van der Waals surface area contributed by atoms with E-state index in [9.17, 15) is 9.59 Å². The molecule has 0 radical (unpaired) electrons. The van der Waals surface area contributed by atoms with Crippen molar-refractivity contribution in [3.8, 4) is 5.75 Å². The first-order valence-corrected chi connectivity index (χ1v) is 10.4. The lowest BCUT2D eigenvalue weighted by Gasteiger charge is -2.24. The summed E-state index contributed by atoms with van der Waals surface area (Å²) in [5.74, 6) is 1.20. The van der Waals surface area contributed by atoms with Crippen LogP contribution in [0.4, 0.5) is 0 Å². The van der Waals surface area contributed by atoms with E-state index < -0.39 is 0 Å². The first-order chi connectivity index (χ1) is 14.0. The lowest BCUT2D eigenvalue weighted by molar-refractivity contribution is -0.138. The molecular weight excluding hydrogens is 364 g/mol. The van der Waals surface area contributed by atoms with E-state index in [0.29, 0.717) is 38.5 Å². The zero-order chi connectivity index (χ0) is 20.6. The molecule has 1 aliphatic heterocycles. The van der Waals surface area contributed by atoms with Crippen molar-refractivity contribution in [1.82, 2.24) is 10.2 Å². The molecule has 0 aromatic heterocycles. The second kappa shape index (κ2) is 10.1. The van der Waals surface area contributed by atoms with Crippen molar-refractivity contribution in [1.29, 1.82) is 0 Å². The fraction of sp³-hybridized carbons (Fsp3) is 0.417. The second-order valence-corrected chi connectivity index (χ2v) is 7.77. The third kappa shape index (κ3) is 5.83. The van der Waals surface area contributed by atoms with Crippen LogP contribution in [0.25, 0.3) is 0 Å². The highest BCUT2D eigenvalue weighted by Crippen LogP contribution is 2.20. The molecule has 0 saturated carbocycles. The number of rotatable bonds is 8. The van der Waals surface area contributed by atoms with Gasteiger partial charge in [0.2, 0.25) is 11.8 Å². The van der Waals surface area contributed by atoms with Gasteiger partial charge in [-0.15, -0.1) is 0 Å². The number of carbonyl (C=O) groups excluding carboxylic acids is 2. The Labute approximate surface area is 173 Å². The molecule has 0 spiro atoms. The van der Waals surface area contributed by atoms with E-state index in [1.54, 1.807) is 4.90 Å². The van der Waals surface area contributed by atoms with Gasteiger partial charge < -0.3 is 15.0 Å². The predicted molar refractivity (Wildman–Crippen MR) is 114 cm³/mol. The Morgan fingerprint density at radius 2 is 1.83 bits per heavy atom. The minimum Gasteiger partial charge on any atom is -0.492 e. The van der Waals surface area contributed by atoms with E-state index >= 15 is 0 Å². The SMILES string of the molecule is CC(C)c1ccc(OCCNC(=O)C2CCCN2C(=O)Cc2ccccc2)cc1. The Hall–Kier alpha value is -2.82. The first kappa shape index (κ1) is 20.9. The summed E-state index contributed by atoms with van der Waals surface area (Å²) >= 11 is 0. The molecule has 2 aromatic carbocycles. The van der Waals surface area contributed by atoms with Gasteiger partial charge in [0.25, 0.3) is 0 Å². The lowest BCUT2D eigenvalue weighted by atomic mass is 10.0. The molecule has 1 atom stereocenters. The van der Waals surface area contributed by atoms with E-state index in [-0.39, 0.29) is 17.9 Å². The Morgan fingerprint density at radius 3 is 2.52 bits per heavy atom. The number of carbonyl (C=O) groups is 2. The van der Waals surface area contributed by atoms with Gasteiger partial charge in [-0.1, -0.05) is 56.3 Å². The molecule has 1 fully saturated rings. The van der Waals surface area contributed by atoms with E-state index in [1.165, 1.54) is 5.56 Å². The molecule has 5 nitrogen and oxygen atoms in total. The maximum atomic E-state index is 12.6. The monoisotopic (exact) mass is 394 g/mol. The van der Waals surface area contributed by atoms with Crippen molar-refractivity contribution >= 4 is 11.8 Å². The molecule has 1 saturated heterocycles. The normalized spacial score (nSPS) is 16.1. The highest BCUT2D eigenvalue weighted by molar-refractivity contribution is 5.89. The number of nitrogens with zero attached hydrogens (tertiary/aromatic N) is 1. The van der Waals surface area contributed by atoms with Crippen LogP contribution in [-0.2, 0) is 16.0 Å². The number of nitrogens with one attached hydrogen (secondary N) is 1. The fourth-order valence-corrected chi connectivity index (χ4v) is 3.62. The summed E-state index contributed by atoms with van der Waals surface area (Å²) in [7, 11) is 0. The molecule has 1 aliphatic rings. The van der Waals surface area contributed by atoms with Crippen molar-refractivity contribution in [2.24, 2.45) is 0 Å². The standard InChI is InChI=1S/C24H30N2O3/c1-18(2)20-10-12-21(13-11-20)29-16-14-25-24(28)22-9-6-15-26(22)23(27)17-19-7-4-3-5-8-19/h3-5,7-8,10-13,18,22H,6,9,14-17H2,1-2H3,(H,25,28). The number of likely N-dealkylation sites (tertiary alicyclic amines) is 1. The fourth-order valence-electron chi connectivity index (χ4n) is 3.62. The zero-order valence-corrected chi connectivity index (χ0v) is 17.3. The van der Waals surface area contributed by atoms with Gasteiger partial charge in [-0.05, 0) is 42.0 Å². The van der Waals surface area contributed by atoms with Gasteiger partial charge >= 0.3 is 0 Å². The Morgan fingerprint density at radius 1 is 1.10 bits per heavy atom. The minimum atomic E-state index is -0.378. The molecular formula is C24H30N2O3. The Kier molecular flexibility index (Phi) is 7.28. The second-order valence-electron chi connectivity index (χ2n) is 7.77. The summed E-state index contributed by atoms with van der Waals surface area (Å²) in [5, 5.41) is 2.92. The maximum absolute atomic E-state index is 12.6. The molecule has 5 heteroatoms. The van der Waals surface area contributed by atoms with E-state index in [0.717, 1.165) is 17.7 Å². The van der Waals surface area contributed by atoms with Crippen LogP contribution in [0.15, 0.2) is 54.6 Å². The number of hydrogen-bond donors (Lipinski definition) is 1. The van der Waals surface area contributed by atoms with Crippen LogP contribution in [0, 0.1) is 0 Å². The van der Waals surface area contributed by atoms with Crippen LogP contribution in [-0.4, -0.2) is 42.5 Å². The lowest BCUT2D eigenvalue weighted by Crippen LogP contribution is -2.47. The predicted octanol–water partition coefficient (Wildman–Crippen LogP) is 3.54. The van der Waals surface area contributed by atoms with Crippen molar-refractivity contribution in [3.63, 3.8) is 0 Å². The van der Waals surface area contributed by atoms with Gasteiger partial charge in [0, 0.05) is 6.54 Å². The van der Waals surface area contributed by atoms with Gasteiger partial charge in [-0.25, -0.2) is 0 Å². The zero-order valence-electron chi connectivity index (χ0n) is 17.3. The third-order valence-corrected chi connectivity index (χ3v) is 5.29. The van der Waals surface area contributed by atoms with Crippen LogP contribution >= 0.6 is 0 Å². The molecule has 0 aliphatic carbocycles. The minimum absolute atomic E-state index is 0.00958. The summed E-state index contributed by atoms with van der Waals surface area (Å²) in [6.07, 6.45) is 1.90. The molecule has 1 heterocycles. The molecule has 29 heavy (non-hydrogen) atoms. The average Bonchev–Trinajstić information content (AvgIpc) is 3.22. The Bertz CT molecular complexity index is 803. The molecule has 154 valence electrons. The first-order valence-electron chi connectivity index (χ1n) is 10.4. The summed E-state index contributed by atoms with van der Waals surface area (Å²) < 4.78 is 5.71. The van der Waals surface area contributed by atoms with Crippen LogP contribution in [0.1, 0.15) is 43.7 Å². The summed E-state index contributed by atoms with van der Waals surface area (Å²) in [6.45, 7) is 5.77. The molecule has 1 unspecified atom stereocenters. The van der Waals surface area contributed by atoms with Crippen molar-refractivity contribution in [3.05, 3.63) is 65.7 Å². The van der Waals surface area contributed by atoms with Gasteiger partial charge in [0.1, 0.15) is 18.4 Å². The van der Waals surface area contributed by atoms with E-state index in [4.69, 9.17) is 4.74 Å². The molecule has 2 aromatic rings. The molecule has 1 N–H and O–H groups in total. The van der Waals surface area contributed by atoms with Gasteiger partial charge in [-0.2, -0.15) is 0 Å². The quantitative estimate of drug-likeness (QED) is 0.697. The van der Waals surface area contributed by atoms with Crippen LogP contribution in [0.5, 0.6) is 5.75 Å². The van der Waals surface area contributed by atoms with E-state index in [1.807, 2.05) is 42.5 Å². The van der Waals surface area contributed by atoms with Crippen molar-refractivity contribution in [2.45, 2.75) is 45.1 Å². The maximum Gasteiger partial charge on any atom is 0.242 e. The highest BCUT2D eigenvalue weighted by Gasteiger charge is 2.33. The molecule has 3 rings (SSSR count). The Balaban J connectivity index is 1.44. The van der Waals surface area contributed by atoms with Gasteiger partial charge in [0.15, 0.2) is 0 Å². The summed E-state index contributed by atoms with van der Waals surface area (Å²) in [5.41, 5.74) is 2.24. The number of hydrogen-bond acceptors (Lipinski definition) is 3. The summed E-state index contributed by atoms with van der Waals surface area (Å²) in [6, 6.07) is 17.3. The van der Waals surface area contributed by atoms with Gasteiger partial charge in [0.05, 0.1) is 13.0 Å². The van der Waals surface area contributed by atoms with Crippen LogP contribution in [0.3, 0.4) is 0 Å². The van der Waals surface area contributed by atoms with Crippen molar-refractivity contribution < 1.29 is 14.3 Å². The topological polar surface area (TPSA) is 58.6 Å². The molecule has 0 bridgehead atoms. The largest absolute Gasteiger partial charge is 0.492 e. The number of amides is 2. The average molecular weight is 395 g/mol.